The van der Waals surface area contributed by atoms with Crippen LogP contribution in [0.15, 0.2) is 29.4 Å². The number of hydrogen-bond donors (Lipinski definition) is 0. The van der Waals surface area contributed by atoms with E-state index in [4.69, 9.17) is 0 Å². The van der Waals surface area contributed by atoms with E-state index in [0.717, 1.165) is 54.8 Å². The van der Waals surface area contributed by atoms with Gasteiger partial charge in [0, 0.05) is 50.5 Å². The molecule has 0 N–H and O–H groups in total. The molecule has 1 aromatic carbocycles. The van der Waals surface area contributed by atoms with Crippen LogP contribution in [0.25, 0.3) is 0 Å². The second-order valence-electron chi connectivity index (χ2n) is 8.41. The lowest BCUT2D eigenvalue weighted by Gasteiger charge is -2.35. The summed E-state index contributed by atoms with van der Waals surface area (Å²) >= 11 is 1.55. The van der Waals surface area contributed by atoms with Gasteiger partial charge in [0.1, 0.15) is 0 Å². The summed E-state index contributed by atoms with van der Waals surface area (Å²) in [5.41, 5.74) is 5.83. The number of carbonyl (C=O) groups excluding carboxylic acids is 1. The molecule has 6 heteroatoms. The van der Waals surface area contributed by atoms with Gasteiger partial charge in [0.05, 0.1) is 0 Å². The van der Waals surface area contributed by atoms with Crippen LogP contribution in [0.5, 0.6) is 0 Å². The summed E-state index contributed by atoms with van der Waals surface area (Å²) < 4.78 is 0. The Bertz CT molecular complexity index is 835. The molecule has 1 aliphatic heterocycles. The fraction of sp³-hybridized carbons (Fsp3) is 0.542. The van der Waals surface area contributed by atoms with Gasteiger partial charge in [0.15, 0.2) is 5.16 Å². The van der Waals surface area contributed by atoms with E-state index in [-0.39, 0.29) is 5.91 Å². The summed E-state index contributed by atoms with van der Waals surface area (Å²) in [5, 5.41) is 0.801. The molecule has 1 aliphatic rings. The van der Waals surface area contributed by atoms with E-state index < -0.39 is 0 Å². The molecule has 0 aliphatic carbocycles. The third-order valence-electron chi connectivity index (χ3n) is 5.95. The van der Waals surface area contributed by atoms with Gasteiger partial charge in [-0.3, -0.25) is 9.69 Å². The lowest BCUT2D eigenvalue weighted by molar-refractivity contribution is -0.133. The highest BCUT2D eigenvalue weighted by molar-refractivity contribution is 7.98. The summed E-state index contributed by atoms with van der Waals surface area (Å²) in [7, 11) is 0. The van der Waals surface area contributed by atoms with E-state index in [1.54, 1.807) is 11.8 Å². The van der Waals surface area contributed by atoms with E-state index in [1.165, 1.54) is 11.1 Å². The molecule has 2 aromatic rings. The van der Waals surface area contributed by atoms with Crippen LogP contribution in [-0.4, -0.2) is 58.1 Å². The number of carbonyl (C=O) groups is 1. The highest BCUT2D eigenvalue weighted by Crippen LogP contribution is 2.19. The summed E-state index contributed by atoms with van der Waals surface area (Å²) in [4.78, 5) is 26.3. The van der Waals surface area contributed by atoms with Gasteiger partial charge in [-0.25, -0.2) is 9.97 Å². The quantitative estimate of drug-likeness (QED) is 0.490. The molecule has 0 bridgehead atoms. The fourth-order valence-corrected chi connectivity index (χ4v) is 4.43. The minimum Gasteiger partial charge on any atom is -0.340 e. The molecule has 1 amide bonds. The Balaban J connectivity index is 1.47. The van der Waals surface area contributed by atoms with Crippen molar-refractivity contribution in [2.75, 3.05) is 32.4 Å². The average molecular weight is 427 g/mol. The zero-order valence-corrected chi connectivity index (χ0v) is 19.8. The summed E-state index contributed by atoms with van der Waals surface area (Å²) in [6, 6.07) is 8.95. The lowest BCUT2D eigenvalue weighted by Crippen LogP contribution is -2.48. The van der Waals surface area contributed by atoms with Crippen LogP contribution < -0.4 is 0 Å². The molecule has 5 nitrogen and oxygen atoms in total. The predicted octanol–water partition coefficient (Wildman–Crippen LogP) is 4.22. The maximum absolute atomic E-state index is 12.7. The molecule has 0 spiro atoms. The summed E-state index contributed by atoms with van der Waals surface area (Å²) in [5.74, 6) is 0.805. The van der Waals surface area contributed by atoms with Crippen molar-refractivity contribution in [2.45, 2.75) is 58.2 Å². The van der Waals surface area contributed by atoms with Crippen molar-refractivity contribution in [2.24, 2.45) is 0 Å². The fourth-order valence-electron chi connectivity index (χ4n) is 3.97. The summed E-state index contributed by atoms with van der Waals surface area (Å²) in [6.07, 6.45) is 3.23. The Labute approximate surface area is 185 Å². The van der Waals surface area contributed by atoms with Crippen molar-refractivity contribution < 1.29 is 4.79 Å². The SMILES string of the molecule is CSc1nc(C)c(CCC(=O)N2CCN(Cc3ccc(C(C)C)cc3)CC2)c(C)n1. The first-order chi connectivity index (χ1) is 14.4. The smallest absolute Gasteiger partial charge is 0.222 e. The van der Waals surface area contributed by atoms with E-state index in [2.05, 4.69) is 53.0 Å². The van der Waals surface area contributed by atoms with Crippen LogP contribution in [0, 0.1) is 13.8 Å². The van der Waals surface area contributed by atoms with Crippen LogP contribution in [0.2, 0.25) is 0 Å². The second-order valence-corrected chi connectivity index (χ2v) is 9.19. The third kappa shape index (κ3) is 5.82. The standard InChI is InChI=1S/C24H34N4OS/c1-17(2)21-8-6-20(7-9-21)16-27-12-14-28(15-13-27)23(29)11-10-22-18(3)25-24(30-5)26-19(22)4/h6-9,17H,10-16H2,1-5H3. The van der Waals surface area contributed by atoms with Crippen molar-refractivity contribution in [3.05, 3.63) is 52.3 Å². The number of benzene rings is 1. The number of aromatic nitrogens is 2. The van der Waals surface area contributed by atoms with Gasteiger partial charge in [0.2, 0.25) is 5.91 Å². The highest BCUT2D eigenvalue weighted by Gasteiger charge is 2.21. The number of piperazine rings is 1. The normalized spacial score (nSPS) is 15.1. The second kappa shape index (κ2) is 10.4. The molecule has 1 aromatic heterocycles. The minimum atomic E-state index is 0.240. The highest BCUT2D eigenvalue weighted by atomic mass is 32.2. The Morgan fingerprint density at radius 3 is 2.17 bits per heavy atom. The van der Waals surface area contributed by atoms with Crippen molar-refractivity contribution >= 4 is 17.7 Å². The minimum absolute atomic E-state index is 0.240. The monoisotopic (exact) mass is 426 g/mol. The molecular formula is C24H34N4OS. The largest absolute Gasteiger partial charge is 0.340 e. The van der Waals surface area contributed by atoms with Gasteiger partial charge in [0.25, 0.3) is 0 Å². The van der Waals surface area contributed by atoms with Crippen molar-refractivity contribution in [3.63, 3.8) is 0 Å². The topological polar surface area (TPSA) is 49.3 Å². The van der Waals surface area contributed by atoms with E-state index in [0.29, 0.717) is 18.8 Å². The van der Waals surface area contributed by atoms with Crippen LogP contribution >= 0.6 is 11.8 Å². The lowest BCUT2D eigenvalue weighted by atomic mass is 10.0. The van der Waals surface area contributed by atoms with Gasteiger partial charge < -0.3 is 4.90 Å². The number of rotatable bonds is 7. The first-order valence-electron chi connectivity index (χ1n) is 10.8. The van der Waals surface area contributed by atoms with Gasteiger partial charge in [-0.05, 0) is 49.1 Å². The zero-order valence-electron chi connectivity index (χ0n) is 18.9. The molecule has 1 saturated heterocycles. The maximum Gasteiger partial charge on any atom is 0.222 e. The first-order valence-corrected chi connectivity index (χ1v) is 12.1. The van der Waals surface area contributed by atoms with Gasteiger partial charge >= 0.3 is 0 Å². The van der Waals surface area contributed by atoms with E-state index in [9.17, 15) is 4.79 Å². The molecule has 30 heavy (non-hydrogen) atoms. The molecule has 162 valence electrons. The number of nitrogens with zero attached hydrogens (tertiary/aromatic N) is 4. The Morgan fingerprint density at radius 2 is 1.63 bits per heavy atom. The maximum atomic E-state index is 12.7. The van der Waals surface area contributed by atoms with Gasteiger partial charge in [-0.1, -0.05) is 49.9 Å². The zero-order chi connectivity index (χ0) is 21.7. The van der Waals surface area contributed by atoms with Gasteiger partial charge in [-0.2, -0.15) is 0 Å². The Morgan fingerprint density at radius 1 is 1.03 bits per heavy atom. The number of hydrogen-bond acceptors (Lipinski definition) is 5. The summed E-state index contributed by atoms with van der Waals surface area (Å²) in [6.45, 7) is 12.9. The van der Waals surface area contributed by atoms with E-state index in [1.807, 2.05) is 25.0 Å². The van der Waals surface area contributed by atoms with Crippen molar-refractivity contribution in [1.29, 1.82) is 0 Å². The van der Waals surface area contributed by atoms with E-state index >= 15 is 0 Å². The molecule has 0 radical (unpaired) electrons. The van der Waals surface area contributed by atoms with Crippen LogP contribution in [0.1, 0.15) is 54.3 Å². The molecule has 2 heterocycles. The van der Waals surface area contributed by atoms with Crippen LogP contribution in [0.4, 0.5) is 0 Å². The molecular weight excluding hydrogens is 392 g/mol. The van der Waals surface area contributed by atoms with Crippen molar-refractivity contribution in [1.82, 2.24) is 19.8 Å². The Kier molecular flexibility index (Phi) is 7.89. The van der Waals surface area contributed by atoms with Gasteiger partial charge in [-0.15, -0.1) is 0 Å². The molecule has 0 atom stereocenters. The third-order valence-corrected chi connectivity index (χ3v) is 6.50. The number of amides is 1. The average Bonchev–Trinajstić information content (AvgIpc) is 2.73. The first kappa shape index (κ1) is 22.8. The Hall–Kier alpha value is -1.92. The van der Waals surface area contributed by atoms with Crippen LogP contribution in [-0.2, 0) is 17.8 Å². The van der Waals surface area contributed by atoms with Crippen molar-refractivity contribution in [3.8, 4) is 0 Å². The molecule has 0 unspecified atom stereocenters. The molecule has 3 rings (SSSR count). The number of thioether (sulfide) groups is 1. The molecule has 0 saturated carbocycles. The number of aryl methyl sites for hydroxylation is 2. The molecule has 1 fully saturated rings. The van der Waals surface area contributed by atoms with Crippen LogP contribution in [0.3, 0.4) is 0 Å². The predicted molar refractivity (Wildman–Crippen MR) is 124 cm³/mol.